The third kappa shape index (κ3) is 1.76. The van der Waals surface area contributed by atoms with Crippen LogP contribution in [0, 0.1) is 11.8 Å². The van der Waals surface area contributed by atoms with Gasteiger partial charge in [0.1, 0.15) is 0 Å². The fourth-order valence-electron chi connectivity index (χ4n) is 2.00. The van der Waals surface area contributed by atoms with Crippen molar-refractivity contribution in [2.75, 3.05) is 0 Å². The molecular weight excluding hydrogens is 168 g/mol. The molecule has 0 aromatic carbocycles. The van der Waals surface area contributed by atoms with Crippen molar-refractivity contribution in [3.8, 4) is 0 Å². The molecule has 1 rings (SSSR count). The summed E-state index contributed by atoms with van der Waals surface area (Å²) < 4.78 is 0. The monoisotopic (exact) mass is 186 g/mol. The van der Waals surface area contributed by atoms with E-state index in [2.05, 4.69) is 11.8 Å². The molecule has 3 nitrogen and oxygen atoms in total. The quantitative estimate of drug-likeness (QED) is 0.531. The standard InChI is InChI=1S/C10H18O3/c1-7(2)10(13-12)5-4-8(3)6-9(10)11/h7-8,12H,4-6H2,1-3H3/t8-,10+/m1/s1. The Morgan fingerprint density at radius 1 is 1.62 bits per heavy atom. The molecule has 0 radical (unpaired) electrons. The first-order valence-electron chi connectivity index (χ1n) is 4.89. The van der Waals surface area contributed by atoms with E-state index in [1.54, 1.807) is 0 Å². The Labute approximate surface area is 79.0 Å². The molecule has 0 spiro atoms. The highest BCUT2D eigenvalue weighted by molar-refractivity contribution is 5.88. The molecule has 0 bridgehead atoms. The summed E-state index contributed by atoms with van der Waals surface area (Å²) in [7, 11) is 0. The largest absolute Gasteiger partial charge is 0.296 e. The van der Waals surface area contributed by atoms with Crippen LogP contribution in [0.5, 0.6) is 0 Å². The van der Waals surface area contributed by atoms with Gasteiger partial charge in [0.15, 0.2) is 11.4 Å². The zero-order valence-corrected chi connectivity index (χ0v) is 8.54. The van der Waals surface area contributed by atoms with Crippen molar-refractivity contribution in [2.45, 2.75) is 45.6 Å². The molecule has 1 fully saturated rings. The van der Waals surface area contributed by atoms with Gasteiger partial charge in [0.05, 0.1) is 0 Å². The number of hydrogen-bond acceptors (Lipinski definition) is 3. The third-order valence-corrected chi connectivity index (χ3v) is 3.11. The second kappa shape index (κ2) is 3.76. The van der Waals surface area contributed by atoms with E-state index in [0.29, 0.717) is 18.8 Å². The molecule has 13 heavy (non-hydrogen) atoms. The van der Waals surface area contributed by atoms with Gasteiger partial charge < -0.3 is 0 Å². The van der Waals surface area contributed by atoms with Gasteiger partial charge in [0.25, 0.3) is 0 Å². The maximum Gasteiger partial charge on any atom is 0.168 e. The van der Waals surface area contributed by atoms with E-state index in [1.807, 2.05) is 13.8 Å². The summed E-state index contributed by atoms with van der Waals surface area (Å²) in [6.45, 7) is 5.87. The minimum absolute atomic E-state index is 0.0394. The smallest absolute Gasteiger partial charge is 0.168 e. The molecule has 1 aliphatic carbocycles. The van der Waals surface area contributed by atoms with Gasteiger partial charge in [0, 0.05) is 6.42 Å². The molecule has 0 saturated heterocycles. The third-order valence-electron chi connectivity index (χ3n) is 3.11. The molecule has 2 atom stereocenters. The second-order valence-electron chi connectivity index (χ2n) is 4.41. The summed E-state index contributed by atoms with van der Waals surface area (Å²) in [6.07, 6.45) is 2.12. The SMILES string of the molecule is CC(C)[C@@]1(OO)CC[C@@H](C)CC1=O. The average Bonchev–Trinajstić information content (AvgIpc) is 2.04. The van der Waals surface area contributed by atoms with Gasteiger partial charge in [-0.1, -0.05) is 20.8 Å². The van der Waals surface area contributed by atoms with Crippen molar-refractivity contribution in [3.63, 3.8) is 0 Å². The first kappa shape index (κ1) is 10.7. The first-order valence-corrected chi connectivity index (χ1v) is 4.89. The summed E-state index contributed by atoms with van der Waals surface area (Å²) in [6, 6.07) is 0. The van der Waals surface area contributed by atoms with Gasteiger partial charge in [-0.05, 0) is 24.7 Å². The lowest BCUT2D eigenvalue weighted by atomic mass is 9.73. The second-order valence-corrected chi connectivity index (χ2v) is 4.41. The highest BCUT2D eigenvalue weighted by Crippen LogP contribution is 2.36. The average molecular weight is 186 g/mol. The number of carbonyl (C=O) groups excluding carboxylic acids is 1. The van der Waals surface area contributed by atoms with Crippen molar-refractivity contribution < 1.29 is 14.9 Å². The number of ketones is 1. The molecular formula is C10H18O3. The van der Waals surface area contributed by atoms with Crippen molar-refractivity contribution in [1.29, 1.82) is 0 Å². The fourth-order valence-corrected chi connectivity index (χ4v) is 2.00. The summed E-state index contributed by atoms with van der Waals surface area (Å²) in [4.78, 5) is 16.2. The van der Waals surface area contributed by atoms with Crippen molar-refractivity contribution in [2.24, 2.45) is 11.8 Å². The number of Topliss-reactive ketones (excluding diaryl/α,β-unsaturated/α-hetero) is 1. The van der Waals surface area contributed by atoms with Crippen LogP contribution >= 0.6 is 0 Å². The maximum absolute atomic E-state index is 11.7. The fraction of sp³-hybridized carbons (Fsp3) is 0.900. The van der Waals surface area contributed by atoms with E-state index >= 15 is 0 Å². The van der Waals surface area contributed by atoms with Crippen LogP contribution in [-0.2, 0) is 9.68 Å². The molecule has 1 saturated carbocycles. The Bertz CT molecular complexity index is 200. The lowest BCUT2D eigenvalue weighted by molar-refractivity contribution is -0.326. The zero-order valence-electron chi connectivity index (χ0n) is 8.54. The van der Waals surface area contributed by atoms with E-state index < -0.39 is 5.60 Å². The summed E-state index contributed by atoms with van der Waals surface area (Å²) >= 11 is 0. The maximum atomic E-state index is 11.7. The molecule has 0 amide bonds. The molecule has 0 aromatic heterocycles. The molecule has 1 N–H and O–H groups in total. The summed E-state index contributed by atoms with van der Waals surface area (Å²) in [5, 5.41) is 8.85. The van der Waals surface area contributed by atoms with E-state index in [1.165, 1.54) is 0 Å². The molecule has 0 heterocycles. The van der Waals surface area contributed by atoms with Gasteiger partial charge >= 0.3 is 0 Å². The van der Waals surface area contributed by atoms with Gasteiger partial charge in [-0.15, -0.1) is 0 Å². The highest BCUT2D eigenvalue weighted by Gasteiger charge is 2.46. The van der Waals surface area contributed by atoms with Gasteiger partial charge in [-0.25, -0.2) is 4.89 Å². The van der Waals surface area contributed by atoms with Crippen molar-refractivity contribution in [1.82, 2.24) is 0 Å². The summed E-state index contributed by atoms with van der Waals surface area (Å²) in [5.41, 5.74) is -0.924. The highest BCUT2D eigenvalue weighted by atomic mass is 17.1. The molecule has 0 unspecified atom stereocenters. The van der Waals surface area contributed by atoms with E-state index in [4.69, 9.17) is 5.26 Å². The lowest BCUT2D eigenvalue weighted by Crippen LogP contribution is -2.49. The topological polar surface area (TPSA) is 46.5 Å². The van der Waals surface area contributed by atoms with Crippen LogP contribution in [0.1, 0.15) is 40.0 Å². The minimum Gasteiger partial charge on any atom is -0.296 e. The van der Waals surface area contributed by atoms with Gasteiger partial charge in [0.2, 0.25) is 0 Å². The van der Waals surface area contributed by atoms with Gasteiger partial charge in [-0.3, -0.25) is 10.1 Å². The van der Waals surface area contributed by atoms with E-state index in [9.17, 15) is 4.79 Å². The Hall–Kier alpha value is -0.410. The molecule has 76 valence electrons. The Kier molecular flexibility index (Phi) is 3.09. The lowest BCUT2D eigenvalue weighted by Gasteiger charge is -2.37. The van der Waals surface area contributed by atoms with Crippen LogP contribution in [0.15, 0.2) is 0 Å². The number of rotatable bonds is 2. The molecule has 1 aliphatic rings. The van der Waals surface area contributed by atoms with Crippen LogP contribution in [0.3, 0.4) is 0 Å². The summed E-state index contributed by atoms with van der Waals surface area (Å²) in [5.74, 6) is 0.510. The predicted molar refractivity (Wildman–Crippen MR) is 49.3 cm³/mol. The van der Waals surface area contributed by atoms with Crippen molar-refractivity contribution in [3.05, 3.63) is 0 Å². The van der Waals surface area contributed by atoms with E-state index in [-0.39, 0.29) is 11.7 Å². The Morgan fingerprint density at radius 2 is 2.23 bits per heavy atom. The minimum atomic E-state index is -0.924. The zero-order chi connectivity index (χ0) is 10.1. The first-order chi connectivity index (χ1) is 6.03. The van der Waals surface area contributed by atoms with E-state index in [0.717, 1.165) is 6.42 Å². The molecule has 0 aromatic rings. The molecule has 3 heteroatoms. The Morgan fingerprint density at radius 3 is 2.62 bits per heavy atom. The number of hydrogen-bond donors (Lipinski definition) is 1. The van der Waals surface area contributed by atoms with Crippen LogP contribution in [0.25, 0.3) is 0 Å². The van der Waals surface area contributed by atoms with Crippen LogP contribution in [0.4, 0.5) is 0 Å². The molecule has 0 aliphatic heterocycles. The normalized spacial score (nSPS) is 35.5. The predicted octanol–water partition coefficient (Wildman–Crippen LogP) is 2.26. The van der Waals surface area contributed by atoms with Crippen LogP contribution in [0.2, 0.25) is 0 Å². The van der Waals surface area contributed by atoms with Crippen LogP contribution < -0.4 is 0 Å². The van der Waals surface area contributed by atoms with Gasteiger partial charge in [-0.2, -0.15) is 0 Å². The van der Waals surface area contributed by atoms with Crippen molar-refractivity contribution >= 4 is 5.78 Å². The Balaban J connectivity index is 2.81. The number of carbonyl (C=O) groups is 1. The van der Waals surface area contributed by atoms with Crippen LogP contribution in [-0.4, -0.2) is 16.6 Å².